The van der Waals surface area contributed by atoms with Gasteiger partial charge in [-0.25, -0.2) is 0 Å². The van der Waals surface area contributed by atoms with Crippen LogP contribution in [-0.4, -0.2) is 55.8 Å². The molecule has 1 fully saturated rings. The van der Waals surface area contributed by atoms with E-state index in [1.807, 2.05) is 20.8 Å². The van der Waals surface area contributed by atoms with Crippen LogP contribution in [0.25, 0.3) is 0 Å². The van der Waals surface area contributed by atoms with Crippen LogP contribution in [0, 0.1) is 0 Å². The molecule has 1 saturated heterocycles. The fourth-order valence-corrected chi connectivity index (χ4v) is 3.30. The number of halogens is 1. The summed E-state index contributed by atoms with van der Waals surface area (Å²) in [5.74, 6) is 0. The van der Waals surface area contributed by atoms with Crippen molar-refractivity contribution in [3.63, 3.8) is 0 Å². The second-order valence-corrected chi connectivity index (χ2v) is 6.00. The number of nitrogens with zero attached hydrogens (tertiary/aromatic N) is 2. The van der Waals surface area contributed by atoms with Gasteiger partial charge in [-0.2, -0.15) is 17.0 Å². The Labute approximate surface area is 105 Å². The Morgan fingerprint density at radius 2 is 2.00 bits per heavy atom. The van der Waals surface area contributed by atoms with Gasteiger partial charge in [-0.1, -0.05) is 6.92 Å². The van der Waals surface area contributed by atoms with Gasteiger partial charge >= 0.3 is 0 Å². The average molecular weight is 272 g/mol. The molecule has 0 spiro atoms. The first-order valence-electron chi connectivity index (χ1n) is 5.37. The topological polar surface area (TPSA) is 52.7 Å². The molecule has 0 bridgehead atoms. The molecular weight excluding hydrogens is 250 g/mol. The molecule has 0 amide bonds. The first kappa shape index (κ1) is 16.1. The Balaban J connectivity index is 0.00000225. The molecular formula is C9H22ClN3O2S. The molecule has 2 unspecified atom stereocenters. The van der Waals surface area contributed by atoms with Crippen LogP contribution in [0.3, 0.4) is 0 Å². The SMILES string of the molecule is CCN(C)S(=O)(=O)N1CCNC(C)C1C.Cl. The minimum absolute atomic E-state index is 0. The maximum absolute atomic E-state index is 12.1. The van der Waals surface area contributed by atoms with Crippen LogP contribution < -0.4 is 5.32 Å². The average Bonchev–Trinajstić information content (AvgIpc) is 2.20. The zero-order valence-corrected chi connectivity index (χ0v) is 11.9. The summed E-state index contributed by atoms with van der Waals surface area (Å²) in [6.45, 7) is 7.58. The van der Waals surface area contributed by atoms with Crippen LogP contribution in [0.2, 0.25) is 0 Å². The Morgan fingerprint density at radius 1 is 1.44 bits per heavy atom. The molecule has 0 saturated carbocycles. The van der Waals surface area contributed by atoms with Crippen molar-refractivity contribution in [2.75, 3.05) is 26.7 Å². The highest BCUT2D eigenvalue weighted by atomic mass is 35.5. The molecule has 7 heteroatoms. The van der Waals surface area contributed by atoms with Crippen LogP contribution in [0.1, 0.15) is 20.8 Å². The van der Waals surface area contributed by atoms with E-state index in [1.54, 1.807) is 11.4 Å². The zero-order valence-electron chi connectivity index (χ0n) is 10.3. The zero-order chi connectivity index (χ0) is 11.6. The predicted octanol–water partition coefficient (Wildman–Crippen LogP) is 0.287. The Morgan fingerprint density at radius 3 is 2.50 bits per heavy atom. The van der Waals surface area contributed by atoms with E-state index in [0.29, 0.717) is 13.1 Å². The molecule has 1 aliphatic rings. The molecule has 98 valence electrons. The number of hydrogen-bond acceptors (Lipinski definition) is 3. The molecule has 5 nitrogen and oxygen atoms in total. The number of nitrogens with one attached hydrogen (secondary N) is 1. The van der Waals surface area contributed by atoms with Gasteiger partial charge in [-0.3, -0.25) is 0 Å². The van der Waals surface area contributed by atoms with Gasteiger partial charge in [0.05, 0.1) is 0 Å². The van der Waals surface area contributed by atoms with Gasteiger partial charge < -0.3 is 5.32 Å². The molecule has 0 aliphatic carbocycles. The lowest BCUT2D eigenvalue weighted by molar-refractivity contribution is 0.220. The number of piperazine rings is 1. The van der Waals surface area contributed by atoms with Crippen LogP contribution in [0.15, 0.2) is 0 Å². The smallest absolute Gasteiger partial charge is 0.282 e. The first-order valence-corrected chi connectivity index (χ1v) is 6.77. The first-order chi connectivity index (χ1) is 6.91. The highest BCUT2D eigenvalue weighted by Gasteiger charge is 2.35. The quantitative estimate of drug-likeness (QED) is 0.803. The van der Waals surface area contributed by atoms with Gasteiger partial charge in [0.15, 0.2) is 0 Å². The summed E-state index contributed by atoms with van der Waals surface area (Å²) in [5.41, 5.74) is 0. The van der Waals surface area contributed by atoms with Crippen molar-refractivity contribution in [2.24, 2.45) is 0 Å². The lowest BCUT2D eigenvalue weighted by atomic mass is 10.1. The van der Waals surface area contributed by atoms with E-state index in [0.717, 1.165) is 6.54 Å². The Hall–Kier alpha value is 0.120. The van der Waals surface area contributed by atoms with Crippen LogP contribution in [0.5, 0.6) is 0 Å². The third-order valence-electron chi connectivity index (χ3n) is 3.11. The van der Waals surface area contributed by atoms with Crippen molar-refractivity contribution in [3.05, 3.63) is 0 Å². The van der Waals surface area contributed by atoms with E-state index in [-0.39, 0.29) is 24.5 Å². The summed E-state index contributed by atoms with van der Waals surface area (Å²) in [4.78, 5) is 0. The lowest BCUT2D eigenvalue weighted by Gasteiger charge is -2.39. The fourth-order valence-electron chi connectivity index (χ4n) is 1.69. The van der Waals surface area contributed by atoms with Crippen molar-refractivity contribution < 1.29 is 8.42 Å². The summed E-state index contributed by atoms with van der Waals surface area (Å²) >= 11 is 0. The molecule has 1 heterocycles. The summed E-state index contributed by atoms with van der Waals surface area (Å²) < 4.78 is 27.2. The lowest BCUT2D eigenvalue weighted by Crippen LogP contribution is -2.59. The third-order valence-corrected chi connectivity index (χ3v) is 5.27. The summed E-state index contributed by atoms with van der Waals surface area (Å²) in [5, 5.41) is 3.27. The van der Waals surface area contributed by atoms with E-state index in [9.17, 15) is 8.42 Å². The van der Waals surface area contributed by atoms with Crippen molar-refractivity contribution >= 4 is 22.6 Å². The van der Waals surface area contributed by atoms with Crippen LogP contribution in [0.4, 0.5) is 0 Å². The van der Waals surface area contributed by atoms with E-state index < -0.39 is 10.2 Å². The normalized spacial score (nSPS) is 27.8. The molecule has 16 heavy (non-hydrogen) atoms. The van der Waals surface area contributed by atoms with Crippen molar-refractivity contribution in [1.29, 1.82) is 0 Å². The van der Waals surface area contributed by atoms with E-state index in [4.69, 9.17) is 0 Å². The summed E-state index contributed by atoms with van der Waals surface area (Å²) in [6, 6.07) is 0.219. The van der Waals surface area contributed by atoms with Crippen LogP contribution >= 0.6 is 12.4 Å². The summed E-state index contributed by atoms with van der Waals surface area (Å²) in [7, 11) is -1.65. The Kier molecular flexibility index (Phi) is 6.21. The number of hydrogen-bond donors (Lipinski definition) is 1. The monoisotopic (exact) mass is 271 g/mol. The minimum atomic E-state index is -3.27. The second-order valence-electron chi connectivity index (χ2n) is 4.02. The van der Waals surface area contributed by atoms with Gasteiger partial charge in [-0.05, 0) is 13.8 Å². The van der Waals surface area contributed by atoms with Gasteiger partial charge in [0, 0.05) is 38.8 Å². The van der Waals surface area contributed by atoms with Gasteiger partial charge in [0.2, 0.25) is 0 Å². The highest BCUT2D eigenvalue weighted by Crippen LogP contribution is 2.15. The number of rotatable bonds is 3. The van der Waals surface area contributed by atoms with Crippen LogP contribution in [-0.2, 0) is 10.2 Å². The largest absolute Gasteiger partial charge is 0.311 e. The third kappa shape index (κ3) is 3.07. The Bertz CT molecular complexity index is 310. The van der Waals surface area contributed by atoms with E-state index in [1.165, 1.54) is 4.31 Å². The van der Waals surface area contributed by atoms with E-state index >= 15 is 0 Å². The minimum Gasteiger partial charge on any atom is -0.311 e. The summed E-state index contributed by atoms with van der Waals surface area (Å²) in [6.07, 6.45) is 0. The van der Waals surface area contributed by atoms with E-state index in [2.05, 4.69) is 5.32 Å². The molecule has 0 aromatic carbocycles. The van der Waals surface area contributed by atoms with Crippen molar-refractivity contribution in [2.45, 2.75) is 32.9 Å². The maximum atomic E-state index is 12.1. The molecule has 0 radical (unpaired) electrons. The van der Waals surface area contributed by atoms with Gasteiger partial charge in [0.1, 0.15) is 0 Å². The predicted molar refractivity (Wildman–Crippen MR) is 68.1 cm³/mol. The molecule has 1 aliphatic heterocycles. The molecule has 0 aromatic rings. The van der Waals surface area contributed by atoms with Gasteiger partial charge in [-0.15, -0.1) is 12.4 Å². The molecule has 1 rings (SSSR count). The molecule has 0 aromatic heterocycles. The molecule has 2 atom stereocenters. The standard InChI is InChI=1S/C9H21N3O2S.ClH/c1-5-11(4)15(13,14)12-7-6-10-8(2)9(12)3;/h8-10H,5-7H2,1-4H3;1H. The second kappa shape index (κ2) is 6.16. The molecule has 1 N–H and O–H groups in total. The van der Waals surface area contributed by atoms with Crippen molar-refractivity contribution in [3.8, 4) is 0 Å². The van der Waals surface area contributed by atoms with Gasteiger partial charge in [0.25, 0.3) is 10.2 Å². The maximum Gasteiger partial charge on any atom is 0.282 e. The van der Waals surface area contributed by atoms with Crippen molar-refractivity contribution in [1.82, 2.24) is 13.9 Å². The highest BCUT2D eigenvalue weighted by molar-refractivity contribution is 7.86. The fraction of sp³-hybridized carbons (Fsp3) is 1.00.